The van der Waals surface area contributed by atoms with Gasteiger partial charge < -0.3 is 20.1 Å². The molecule has 1 aromatic carbocycles. The fourth-order valence-electron chi connectivity index (χ4n) is 5.85. The Morgan fingerprint density at radius 1 is 1.28 bits per heavy atom. The van der Waals surface area contributed by atoms with E-state index in [2.05, 4.69) is 29.4 Å². The van der Waals surface area contributed by atoms with Gasteiger partial charge in [-0.3, -0.25) is 9.69 Å². The van der Waals surface area contributed by atoms with E-state index in [0.717, 1.165) is 68.7 Å². The number of unbranched alkanes of at least 4 members (excludes halogenated alkanes) is 2. The number of aromatic nitrogens is 1. The van der Waals surface area contributed by atoms with Crippen LogP contribution in [0.2, 0.25) is 0 Å². The number of halogens is 1. The number of carbonyl (C=O) groups is 1. The van der Waals surface area contributed by atoms with Gasteiger partial charge in [0.1, 0.15) is 11.9 Å². The number of hydrogen-bond acceptors (Lipinski definition) is 6. The highest BCUT2D eigenvalue weighted by Crippen LogP contribution is 2.37. The van der Waals surface area contributed by atoms with E-state index < -0.39 is 17.8 Å². The molecule has 39 heavy (non-hydrogen) atoms. The predicted octanol–water partition coefficient (Wildman–Crippen LogP) is 5.65. The first-order valence-corrected chi connectivity index (χ1v) is 14.6. The number of aliphatic carboxylic acids is 1. The largest absolute Gasteiger partial charge is 0.490 e. The zero-order valence-electron chi connectivity index (χ0n) is 24.0. The summed E-state index contributed by atoms with van der Waals surface area (Å²) in [6.07, 6.45) is 7.50. The average Bonchev–Trinajstić information content (AvgIpc) is 3.39. The molecule has 0 unspecified atom stereocenters. The molecule has 2 aliphatic rings. The summed E-state index contributed by atoms with van der Waals surface area (Å²) in [4.78, 5) is 21.6. The lowest BCUT2D eigenvalue weighted by Crippen LogP contribution is -2.38. The molecule has 0 aliphatic carbocycles. The third-order valence-electron chi connectivity index (χ3n) is 8.16. The number of nitrogens with zero attached hydrogens (tertiary/aromatic N) is 3. The highest BCUT2D eigenvalue weighted by atomic mass is 19.1. The van der Waals surface area contributed by atoms with E-state index in [4.69, 9.17) is 9.72 Å². The summed E-state index contributed by atoms with van der Waals surface area (Å²) in [5.41, 5.74) is 3.69. The van der Waals surface area contributed by atoms with Gasteiger partial charge in [-0.2, -0.15) is 0 Å². The van der Waals surface area contributed by atoms with Gasteiger partial charge in [0.05, 0.1) is 6.61 Å². The van der Waals surface area contributed by atoms with Gasteiger partial charge in [-0.15, -0.1) is 0 Å². The first-order chi connectivity index (χ1) is 18.8. The third-order valence-corrected chi connectivity index (χ3v) is 8.16. The summed E-state index contributed by atoms with van der Waals surface area (Å²) in [7, 11) is 2.13. The lowest BCUT2D eigenvalue weighted by molar-refractivity contribution is -0.143. The lowest BCUT2D eigenvalue weighted by Gasteiger charge is -2.29. The van der Waals surface area contributed by atoms with Crippen LogP contribution in [-0.2, 0) is 17.6 Å². The molecular weight excluding hydrogens is 495 g/mol. The summed E-state index contributed by atoms with van der Waals surface area (Å²) in [6.45, 7) is 9.31. The highest BCUT2D eigenvalue weighted by Gasteiger charge is 2.37. The van der Waals surface area contributed by atoms with Crippen LogP contribution in [0.5, 0.6) is 5.75 Å². The van der Waals surface area contributed by atoms with Crippen molar-refractivity contribution in [2.45, 2.75) is 83.7 Å². The van der Waals surface area contributed by atoms with Gasteiger partial charge in [-0.05, 0) is 94.3 Å². The molecule has 0 spiro atoms. The number of rotatable bonds is 13. The Morgan fingerprint density at radius 3 is 2.85 bits per heavy atom. The number of aryl methyl sites for hydroxylation is 2. The Kier molecular flexibility index (Phi) is 10.2. The molecule has 2 atom stereocenters. The molecule has 1 fully saturated rings. The standard InChI is InChI=1S/C31H45FN4O3/c1-5-39-29-26(18-23(21(2)3)19-27(29)32)28(31(37)38)36-17-14-25(20-36)35(4)16-8-6-7-11-24-13-12-22-10-9-15-33-30(22)34-24/h12-13,18-19,21,25,28H,5-11,14-17,20H2,1-4H3,(H,33,34)(H,37,38)/t25-,28+/m1/s1. The van der Waals surface area contributed by atoms with E-state index in [-0.39, 0.29) is 24.3 Å². The van der Waals surface area contributed by atoms with Gasteiger partial charge in [-0.25, -0.2) is 9.37 Å². The Balaban J connectivity index is 1.31. The molecule has 0 saturated carbocycles. The maximum absolute atomic E-state index is 15.0. The zero-order valence-corrected chi connectivity index (χ0v) is 24.0. The van der Waals surface area contributed by atoms with Crippen LogP contribution in [0.4, 0.5) is 10.2 Å². The quantitative estimate of drug-likeness (QED) is 0.318. The Hall–Kier alpha value is -2.71. The molecule has 0 bridgehead atoms. The van der Waals surface area contributed by atoms with Crippen molar-refractivity contribution in [3.8, 4) is 5.75 Å². The molecule has 8 heteroatoms. The molecule has 2 N–H and O–H groups in total. The van der Waals surface area contributed by atoms with Crippen molar-refractivity contribution in [3.63, 3.8) is 0 Å². The number of likely N-dealkylation sites (N-methyl/N-ethyl adjacent to an activating group) is 1. The van der Waals surface area contributed by atoms with Crippen LogP contribution >= 0.6 is 0 Å². The minimum atomic E-state index is -0.967. The first-order valence-electron chi connectivity index (χ1n) is 14.6. The highest BCUT2D eigenvalue weighted by molar-refractivity contribution is 5.77. The molecule has 0 radical (unpaired) electrons. The summed E-state index contributed by atoms with van der Waals surface area (Å²) in [6, 6.07) is 7.02. The van der Waals surface area contributed by atoms with E-state index in [1.54, 1.807) is 6.92 Å². The molecule has 0 amide bonds. The van der Waals surface area contributed by atoms with E-state index in [0.29, 0.717) is 18.7 Å². The lowest BCUT2D eigenvalue weighted by atomic mass is 9.95. The fourth-order valence-corrected chi connectivity index (χ4v) is 5.85. The minimum absolute atomic E-state index is 0.0651. The van der Waals surface area contributed by atoms with Gasteiger partial charge in [0.2, 0.25) is 0 Å². The van der Waals surface area contributed by atoms with Gasteiger partial charge in [0.25, 0.3) is 0 Å². The number of benzene rings is 1. The van der Waals surface area contributed by atoms with E-state index in [9.17, 15) is 9.90 Å². The second-order valence-electron chi connectivity index (χ2n) is 11.3. The van der Waals surface area contributed by atoms with E-state index in [1.165, 1.54) is 18.1 Å². The second-order valence-corrected chi connectivity index (χ2v) is 11.3. The van der Waals surface area contributed by atoms with Crippen molar-refractivity contribution >= 4 is 11.8 Å². The van der Waals surface area contributed by atoms with Crippen molar-refractivity contribution in [2.24, 2.45) is 0 Å². The summed E-state index contributed by atoms with van der Waals surface area (Å²) in [5.74, 6) is -0.239. The zero-order chi connectivity index (χ0) is 27.9. The van der Waals surface area contributed by atoms with Crippen LogP contribution in [0.15, 0.2) is 24.3 Å². The molecule has 1 aromatic heterocycles. The number of hydrogen-bond donors (Lipinski definition) is 2. The maximum atomic E-state index is 15.0. The molecule has 1 saturated heterocycles. The monoisotopic (exact) mass is 540 g/mol. The third kappa shape index (κ3) is 7.28. The van der Waals surface area contributed by atoms with Gasteiger partial charge in [0, 0.05) is 36.9 Å². The normalized spacial score (nSPS) is 18.3. The number of carboxylic acids is 1. The fraction of sp³-hybridized carbons (Fsp3) is 0.613. The summed E-state index contributed by atoms with van der Waals surface area (Å²) < 4.78 is 20.6. The van der Waals surface area contributed by atoms with Crippen molar-refractivity contribution in [1.29, 1.82) is 0 Å². The van der Waals surface area contributed by atoms with E-state index in [1.807, 2.05) is 24.8 Å². The smallest absolute Gasteiger partial charge is 0.325 e. The van der Waals surface area contributed by atoms with Crippen LogP contribution in [0.3, 0.4) is 0 Å². The topological polar surface area (TPSA) is 77.9 Å². The number of pyridine rings is 1. The molecular formula is C31H45FN4O3. The van der Waals surface area contributed by atoms with Crippen LogP contribution in [0.1, 0.15) is 87.2 Å². The molecule has 214 valence electrons. The number of anilines is 1. The summed E-state index contributed by atoms with van der Waals surface area (Å²) >= 11 is 0. The molecule has 3 heterocycles. The van der Waals surface area contributed by atoms with Crippen molar-refractivity contribution < 1.29 is 19.0 Å². The maximum Gasteiger partial charge on any atom is 0.325 e. The molecule has 2 aliphatic heterocycles. The SMILES string of the molecule is CCOc1c(F)cc(C(C)C)cc1[C@@H](C(=O)O)N1CC[C@@H](N(C)CCCCCc2ccc3c(n2)NCCC3)C1. The Labute approximate surface area is 232 Å². The molecule has 4 rings (SSSR count). The molecule has 7 nitrogen and oxygen atoms in total. The van der Waals surface area contributed by atoms with Crippen molar-refractivity contribution in [1.82, 2.24) is 14.8 Å². The van der Waals surface area contributed by atoms with Gasteiger partial charge in [-0.1, -0.05) is 26.3 Å². The first kappa shape index (κ1) is 29.3. The Morgan fingerprint density at radius 2 is 2.10 bits per heavy atom. The summed E-state index contributed by atoms with van der Waals surface area (Å²) in [5, 5.41) is 13.7. The average molecular weight is 541 g/mol. The van der Waals surface area contributed by atoms with Gasteiger partial charge >= 0.3 is 5.97 Å². The van der Waals surface area contributed by atoms with Crippen molar-refractivity contribution in [3.05, 3.63) is 52.5 Å². The van der Waals surface area contributed by atoms with Crippen LogP contribution in [0, 0.1) is 5.82 Å². The predicted molar refractivity (Wildman–Crippen MR) is 153 cm³/mol. The Bertz CT molecular complexity index is 1130. The second kappa shape index (κ2) is 13.6. The number of carboxylic acid groups (broad SMARTS) is 1. The molecule has 2 aromatic rings. The van der Waals surface area contributed by atoms with Crippen LogP contribution in [-0.4, -0.2) is 71.7 Å². The number of fused-ring (bicyclic) bond motifs is 1. The minimum Gasteiger partial charge on any atom is -0.490 e. The van der Waals surface area contributed by atoms with Crippen LogP contribution < -0.4 is 10.1 Å². The van der Waals surface area contributed by atoms with Gasteiger partial charge in [0.15, 0.2) is 11.6 Å². The van der Waals surface area contributed by atoms with E-state index >= 15 is 4.39 Å². The number of ether oxygens (including phenoxy) is 1. The number of likely N-dealkylation sites (tertiary alicyclic amines) is 1. The van der Waals surface area contributed by atoms with Crippen molar-refractivity contribution in [2.75, 3.05) is 45.2 Å². The van der Waals surface area contributed by atoms with Crippen LogP contribution in [0.25, 0.3) is 0 Å². The number of nitrogens with one attached hydrogen (secondary N) is 1.